The highest BCUT2D eigenvalue weighted by Gasteiger charge is 1.97. The lowest BCUT2D eigenvalue weighted by Crippen LogP contribution is -2.16. The van der Waals surface area contributed by atoms with Gasteiger partial charge in [0, 0.05) is 18.8 Å². The Bertz CT molecular complexity index is 145. The number of ether oxygens (including phenoxy) is 2. The van der Waals surface area contributed by atoms with E-state index < -0.39 is 0 Å². The van der Waals surface area contributed by atoms with Crippen LogP contribution in [0.25, 0.3) is 0 Å². The average molecular weight is 242 g/mol. The van der Waals surface area contributed by atoms with Crippen molar-refractivity contribution in [3.63, 3.8) is 0 Å². The lowest BCUT2D eigenvalue weighted by Gasteiger charge is -2.10. The van der Waals surface area contributed by atoms with Crippen molar-refractivity contribution in [2.75, 3.05) is 33.9 Å². The second-order valence-electron chi connectivity index (χ2n) is 3.10. The van der Waals surface area contributed by atoms with Crippen molar-refractivity contribution < 1.29 is 9.47 Å². The molecule has 0 N–H and O–H groups in total. The van der Waals surface area contributed by atoms with Gasteiger partial charge in [-0.25, -0.2) is 0 Å². The van der Waals surface area contributed by atoms with Gasteiger partial charge in [-0.1, -0.05) is 6.92 Å². The minimum absolute atomic E-state index is 0. The van der Waals surface area contributed by atoms with E-state index in [1.165, 1.54) is 0 Å². The summed E-state index contributed by atoms with van der Waals surface area (Å²) in [6.07, 6.45) is 1.93. The summed E-state index contributed by atoms with van der Waals surface area (Å²) in [7, 11) is 4.07. The van der Waals surface area contributed by atoms with E-state index in [9.17, 15) is 0 Å². The summed E-state index contributed by atoms with van der Waals surface area (Å²) in [6, 6.07) is 0. The molecule has 0 aromatic carbocycles. The topological polar surface area (TPSA) is 21.7 Å². The molecule has 0 atom stereocenters. The lowest BCUT2D eigenvalue weighted by atomic mass is 10.4. The van der Waals surface area contributed by atoms with Crippen LogP contribution in [0, 0.1) is 0 Å². The molecule has 86 valence electrons. The molecular formula is C9H20ClNO2S. The first-order chi connectivity index (χ1) is 6.16. The summed E-state index contributed by atoms with van der Waals surface area (Å²) in [5.74, 6) is 0. The molecule has 0 spiro atoms. The minimum atomic E-state index is 0. The Balaban J connectivity index is 0. The molecule has 0 bridgehead atoms. The van der Waals surface area contributed by atoms with Crippen LogP contribution in [0.4, 0.5) is 0 Å². The fraction of sp³-hybridized carbons (Fsp3) is 0.889. The highest BCUT2D eigenvalue weighted by Crippen LogP contribution is 1.91. The van der Waals surface area contributed by atoms with E-state index >= 15 is 0 Å². The molecule has 0 saturated heterocycles. The van der Waals surface area contributed by atoms with E-state index in [1.54, 1.807) is 0 Å². The summed E-state index contributed by atoms with van der Waals surface area (Å²) in [5.41, 5.74) is 0. The number of hydrogen-bond acceptors (Lipinski definition) is 4. The van der Waals surface area contributed by atoms with Crippen molar-refractivity contribution in [3.8, 4) is 0 Å². The number of nitrogens with zero attached hydrogens (tertiary/aromatic N) is 1. The van der Waals surface area contributed by atoms with Crippen LogP contribution in [0.2, 0.25) is 0 Å². The van der Waals surface area contributed by atoms with E-state index in [0.29, 0.717) is 13.2 Å². The third-order valence-corrected chi connectivity index (χ3v) is 1.63. The molecule has 0 saturated carbocycles. The van der Waals surface area contributed by atoms with Crippen molar-refractivity contribution in [2.45, 2.75) is 19.8 Å². The van der Waals surface area contributed by atoms with E-state index in [-0.39, 0.29) is 17.6 Å². The predicted octanol–water partition coefficient (Wildman–Crippen LogP) is 2.09. The molecule has 0 heterocycles. The summed E-state index contributed by atoms with van der Waals surface area (Å²) in [5, 5.41) is 0.278. The summed E-state index contributed by atoms with van der Waals surface area (Å²) < 4.78 is 10.3. The van der Waals surface area contributed by atoms with Gasteiger partial charge in [-0.05, 0) is 26.9 Å². The Kier molecular flexibility index (Phi) is 12.9. The fourth-order valence-corrected chi connectivity index (χ4v) is 0.930. The van der Waals surface area contributed by atoms with Crippen molar-refractivity contribution >= 4 is 29.9 Å². The van der Waals surface area contributed by atoms with Crippen LogP contribution in [0.1, 0.15) is 19.8 Å². The van der Waals surface area contributed by atoms with Gasteiger partial charge in [0.2, 0.25) is 0 Å². The number of hydrogen-bond donors (Lipinski definition) is 0. The molecule has 0 aliphatic carbocycles. The smallest absolute Gasteiger partial charge is 0.352 e. The third kappa shape index (κ3) is 11.9. The van der Waals surface area contributed by atoms with Crippen molar-refractivity contribution in [1.29, 1.82) is 0 Å². The van der Waals surface area contributed by atoms with Crippen LogP contribution in [-0.2, 0) is 9.47 Å². The predicted molar refractivity (Wildman–Crippen MR) is 65.2 cm³/mol. The third-order valence-electron chi connectivity index (χ3n) is 1.39. The normalized spacial score (nSPS) is 9.43. The van der Waals surface area contributed by atoms with Gasteiger partial charge in [0.1, 0.15) is 0 Å². The Labute approximate surface area is 98.2 Å². The first kappa shape index (κ1) is 16.4. The molecule has 0 aromatic heterocycles. The van der Waals surface area contributed by atoms with Gasteiger partial charge in [-0.3, -0.25) is 0 Å². The average Bonchev–Trinajstić information content (AvgIpc) is 2.08. The van der Waals surface area contributed by atoms with Crippen molar-refractivity contribution in [1.82, 2.24) is 4.90 Å². The molecule has 5 heteroatoms. The molecule has 0 rings (SSSR count). The summed E-state index contributed by atoms with van der Waals surface area (Å²) in [4.78, 5) is 2.11. The lowest BCUT2D eigenvalue weighted by molar-refractivity contribution is 0.171. The monoisotopic (exact) mass is 241 g/mol. The van der Waals surface area contributed by atoms with Gasteiger partial charge in [-0.2, -0.15) is 0 Å². The van der Waals surface area contributed by atoms with E-state index in [4.69, 9.17) is 21.7 Å². The summed E-state index contributed by atoms with van der Waals surface area (Å²) >= 11 is 4.84. The molecule has 0 fully saturated rings. The maximum atomic E-state index is 5.18. The highest BCUT2D eigenvalue weighted by atomic mass is 35.5. The van der Waals surface area contributed by atoms with Gasteiger partial charge in [-0.15, -0.1) is 12.4 Å². The van der Waals surface area contributed by atoms with E-state index in [0.717, 1.165) is 19.4 Å². The maximum absolute atomic E-state index is 5.18. The zero-order chi connectivity index (χ0) is 10.1. The zero-order valence-electron chi connectivity index (χ0n) is 9.12. The molecule has 0 unspecified atom stereocenters. The van der Waals surface area contributed by atoms with Gasteiger partial charge in [0.15, 0.2) is 0 Å². The quantitative estimate of drug-likeness (QED) is 0.524. The van der Waals surface area contributed by atoms with Crippen LogP contribution >= 0.6 is 24.6 Å². The zero-order valence-corrected chi connectivity index (χ0v) is 10.7. The molecule has 0 amide bonds. The molecule has 3 nitrogen and oxygen atoms in total. The van der Waals surface area contributed by atoms with Crippen LogP contribution in [0.3, 0.4) is 0 Å². The number of halogens is 1. The van der Waals surface area contributed by atoms with Crippen LogP contribution in [0.15, 0.2) is 0 Å². The molecule has 0 aliphatic heterocycles. The molecular weight excluding hydrogens is 222 g/mol. The molecule has 14 heavy (non-hydrogen) atoms. The summed E-state index contributed by atoms with van der Waals surface area (Å²) in [6.45, 7) is 4.33. The van der Waals surface area contributed by atoms with Gasteiger partial charge >= 0.3 is 5.24 Å². The van der Waals surface area contributed by atoms with Gasteiger partial charge < -0.3 is 14.4 Å². The highest BCUT2D eigenvalue weighted by molar-refractivity contribution is 7.79. The van der Waals surface area contributed by atoms with Crippen LogP contribution in [0.5, 0.6) is 0 Å². The molecule has 0 aliphatic rings. The standard InChI is InChI=1S/C9H19NO2S.ClH/c1-4-7-11-9(13)12-8-5-6-10(2)3;/h4-8H2,1-3H3;1H. The number of thiocarbonyl (C=S) groups is 1. The fourth-order valence-electron chi connectivity index (χ4n) is 0.763. The Morgan fingerprint density at radius 3 is 2.29 bits per heavy atom. The van der Waals surface area contributed by atoms with Crippen molar-refractivity contribution in [3.05, 3.63) is 0 Å². The first-order valence-corrected chi connectivity index (χ1v) is 5.02. The Morgan fingerprint density at radius 2 is 1.79 bits per heavy atom. The largest absolute Gasteiger partial charge is 0.457 e. The Morgan fingerprint density at radius 1 is 1.21 bits per heavy atom. The minimum Gasteiger partial charge on any atom is -0.457 e. The second kappa shape index (κ2) is 11.0. The SMILES string of the molecule is CCCOC(=S)OCCCN(C)C.Cl. The van der Waals surface area contributed by atoms with Crippen LogP contribution in [-0.4, -0.2) is 44.0 Å². The van der Waals surface area contributed by atoms with Crippen molar-refractivity contribution in [2.24, 2.45) is 0 Å². The van der Waals surface area contributed by atoms with E-state index in [2.05, 4.69) is 4.90 Å². The van der Waals surface area contributed by atoms with Crippen LogP contribution < -0.4 is 0 Å². The first-order valence-electron chi connectivity index (χ1n) is 4.61. The molecule has 0 radical (unpaired) electrons. The maximum Gasteiger partial charge on any atom is 0.352 e. The Hall–Kier alpha value is -0.0600. The second-order valence-corrected chi connectivity index (χ2v) is 3.44. The van der Waals surface area contributed by atoms with Gasteiger partial charge in [0.05, 0.1) is 13.2 Å². The molecule has 0 aromatic rings. The number of rotatable bonds is 6. The van der Waals surface area contributed by atoms with E-state index in [1.807, 2.05) is 21.0 Å². The van der Waals surface area contributed by atoms with Gasteiger partial charge in [0.25, 0.3) is 0 Å².